The van der Waals surface area contributed by atoms with E-state index in [1.54, 1.807) is 18.2 Å². The average molecular weight is 306 g/mol. The smallest absolute Gasteiger partial charge is 0.335 e. The second-order valence-corrected chi connectivity index (χ2v) is 5.18. The monoisotopic (exact) mass is 306 g/mol. The molecule has 3 aromatic rings. The number of aryl methyl sites for hydroxylation is 1. The lowest BCUT2D eigenvalue weighted by Gasteiger charge is -1.95. The molecule has 0 radical (unpaired) electrons. The van der Waals surface area contributed by atoms with E-state index in [9.17, 15) is 9.59 Å². The Labute approximate surface area is 132 Å². The number of carboxylic acids is 1. The van der Waals surface area contributed by atoms with Crippen LogP contribution in [0.15, 0.2) is 48.5 Å². The lowest BCUT2D eigenvalue weighted by atomic mass is 10.1. The fourth-order valence-corrected chi connectivity index (χ4v) is 2.28. The molecule has 114 valence electrons. The van der Waals surface area contributed by atoms with Crippen LogP contribution in [-0.2, 0) is 0 Å². The Hall–Kier alpha value is -3.21. The summed E-state index contributed by atoms with van der Waals surface area (Å²) in [6.45, 7) is 1.94. The number of ketones is 1. The van der Waals surface area contributed by atoms with Crippen LogP contribution in [0.4, 0.5) is 0 Å². The van der Waals surface area contributed by atoms with Gasteiger partial charge in [0.2, 0.25) is 5.78 Å². The van der Waals surface area contributed by atoms with Gasteiger partial charge in [0.1, 0.15) is 0 Å². The van der Waals surface area contributed by atoms with Gasteiger partial charge in [-0.1, -0.05) is 30.3 Å². The predicted octanol–water partition coefficient (Wildman–Crippen LogP) is 3.47. The molecule has 3 rings (SSSR count). The molecule has 1 heterocycles. The van der Waals surface area contributed by atoms with Crippen molar-refractivity contribution < 1.29 is 14.7 Å². The maximum absolute atomic E-state index is 12.2. The van der Waals surface area contributed by atoms with Crippen LogP contribution in [0.3, 0.4) is 0 Å². The van der Waals surface area contributed by atoms with Crippen molar-refractivity contribution in [1.29, 1.82) is 0 Å². The molecule has 0 saturated carbocycles. The summed E-state index contributed by atoms with van der Waals surface area (Å²) in [5, 5.41) is 8.85. The quantitative estimate of drug-likeness (QED) is 0.571. The van der Waals surface area contributed by atoms with E-state index < -0.39 is 5.97 Å². The zero-order valence-electron chi connectivity index (χ0n) is 12.4. The van der Waals surface area contributed by atoms with Crippen LogP contribution in [0, 0.1) is 6.92 Å². The number of aromatic carboxylic acids is 1. The SMILES string of the molecule is Cc1cccc2[nH]c(C(=O)C=Cc3ccc(C(=O)O)cc3)nc12. The lowest BCUT2D eigenvalue weighted by molar-refractivity contribution is 0.0696. The number of carbonyl (C=O) groups excluding carboxylic acids is 1. The molecule has 0 unspecified atom stereocenters. The number of benzene rings is 2. The number of aromatic nitrogens is 2. The summed E-state index contributed by atoms with van der Waals surface area (Å²) in [4.78, 5) is 30.3. The van der Waals surface area contributed by atoms with Crippen molar-refractivity contribution >= 4 is 28.9 Å². The summed E-state index contributed by atoms with van der Waals surface area (Å²) in [5.41, 5.74) is 3.57. The highest BCUT2D eigenvalue weighted by Crippen LogP contribution is 2.16. The fourth-order valence-electron chi connectivity index (χ4n) is 2.28. The molecule has 0 fully saturated rings. The van der Waals surface area contributed by atoms with Gasteiger partial charge in [0.05, 0.1) is 16.6 Å². The van der Waals surface area contributed by atoms with Crippen LogP contribution >= 0.6 is 0 Å². The van der Waals surface area contributed by atoms with E-state index in [0.29, 0.717) is 0 Å². The Morgan fingerprint density at radius 3 is 2.52 bits per heavy atom. The molecule has 5 heteroatoms. The van der Waals surface area contributed by atoms with Gasteiger partial charge >= 0.3 is 5.97 Å². The van der Waals surface area contributed by atoms with Crippen molar-refractivity contribution in [3.8, 4) is 0 Å². The van der Waals surface area contributed by atoms with E-state index in [2.05, 4.69) is 9.97 Å². The molecule has 0 amide bonds. The third kappa shape index (κ3) is 3.03. The van der Waals surface area contributed by atoms with Crippen molar-refractivity contribution in [2.45, 2.75) is 6.92 Å². The lowest BCUT2D eigenvalue weighted by Crippen LogP contribution is -1.97. The van der Waals surface area contributed by atoms with Crippen LogP contribution in [-0.4, -0.2) is 26.8 Å². The van der Waals surface area contributed by atoms with Gasteiger partial charge in [-0.05, 0) is 42.3 Å². The van der Waals surface area contributed by atoms with Crippen LogP contribution < -0.4 is 0 Å². The third-order valence-electron chi connectivity index (χ3n) is 3.53. The normalized spacial score (nSPS) is 11.2. The summed E-state index contributed by atoms with van der Waals surface area (Å²) in [5.74, 6) is -0.926. The van der Waals surface area contributed by atoms with Crippen LogP contribution in [0.5, 0.6) is 0 Å². The number of allylic oxidation sites excluding steroid dienone is 1. The number of para-hydroxylation sites is 1. The molecule has 0 aliphatic carbocycles. The Morgan fingerprint density at radius 1 is 1.13 bits per heavy atom. The maximum Gasteiger partial charge on any atom is 0.335 e. The molecule has 0 aliphatic rings. The molecular weight excluding hydrogens is 292 g/mol. The number of nitrogens with one attached hydrogen (secondary N) is 1. The zero-order chi connectivity index (χ0) is 16.4. The highest BCUT2D eigenvalue weighted by molar-refractivity contribution is 6.06. The van der Waals surface area contributed by atoms with Gasteiger partial charge in [0.15, 0.2) is 5.82 Å². The first-order chi connectivity index (χ1) is 11.0. The molecule has 2 aromatic carbocycles. The van der Waals surface area contributed by atoms with E-state index in [0.717, 1.165) is 22.2 Å². The summed E-state index contributed by atoms with van der Waals surface area (Å²) < 4.78 is 0. The van der Waals surface area contributed by atoms with E-state index in [1.165, 1.54) is 18.2 Å². The number of aromatic amines is 1. The minimum absolute atomic E-state index is 0.209. The number of nitrogens with zero attached hydrogens (tertiary/aromatic N) is 1. The number of rotatable bonds is 4. The van der Waals surface area contributed by atoms with Crippen molar-refractivity contribution in [1.82, 2.24) is 9.97 Å². The third-order valence-corrected chi connectivity index (χ3v) is 3.53. The van der Waals surface area contributed by atoms with Gasteiger partial charge in [0.25, 0.3) is 0 Å². The minimum Gasteiger partial charge on any atom is -0.478 e. The molecule has 5 nitrogen and oxygen atoms in total. The van der Waals surface area contributed by atoms with Gasteiger partial charge in [-0.25, -0.2) is 9.78 Å². The summed E-state index contributed by atoms with van der Waals surface area (Å²) >= 11 is 0. The molecule has 1 aromatic heterocycles. The Balaban J connectivity index is 1.82. The van der Waals surface area contributed by atoms with Crippen molar-refractivity contribution in [3.63, 3.8) is 0 Å². The van der Waals surface area contributed by atoms with E-state index in [-0.39, 0.29) is 17.2 Å². The summed E-state index contributed by atoms with van der Waals surface area (Å²) in [6.07, 6.45) is 3.05. The van der Waals surface area contributed by atoms with E-state index in [1.807, 2.05) is 25.1 Å². The second-order valence-electron chi connectivity index (χ2n) is 5.18. The second kappa shape index (κ2) is 5.88. The average Bonchev–Trinajstić information content (AvgIpc) is 2.99. The molecule has 0 bridgehead atoms. The van der Waals surface area contributed by atoms with Crippen molar-refractivity contribution in [3.05, 3.63) is 71.1 Å². The number of fused-ring (bicyclic) bond motifs is 1. The molecule has 0 aliphatic heterocycles. The standard InChI is InChI=1S/C18H14N2O3/c1-11-3-2-4-14-16(11)20-17(19-14)15(21)10-7-12-5-8-13(9-6-12)18(22)23/h2-10H,1H3,(H,19,20)(H,22,23). The van der Waals surface area contributed by atoms with Crippen molar-refractivity contribution in [2.75, 3.05) is 0 Å². The predicted molar refractivity (Wildman–Crippen MR) is 87.6 cm³/mol. The minimum atomic E-state index is -0.978. The molecule has 2 N–H and O–H groups in total. The zero-order valence-corrected chi connectivity index (χ0v) is 12.4. The fraction of sp³-hybridized carbons (Fsp3) is 0.0556. The summed E-state index contributed by atoms with van der Waals surface area (Å²) in [7, 11) is 0. The van der Waals surface area contributed by atoms with Gasteiger partial charge in [0, 0.05) is 0 Å². The number of hydrogen-bond acceptors (Lipinski definition) is 3. The highest BCUT2D eigenvalue weighted by Gasteiger charge is 2.09. The van der Waals surface area contributed by atoms with E-state index >= 15 is 0 Å². The van der Waals surface area contributed by atoms with Crippen molar-refractivity contribution in [2.24, 2.45) is 0 Å². The number of H-pyrrole nitrogens is 1. The van der Waals surface area contributed by atoms with Gasteiger partial charge in [-0.2, -0.15) is 0 Å². The van der Waals surface area contributed by atoms with Gasteiger partial charge in [-0.3, -0.25) is 4.79 Å². The topological polar surface area (TPSA) is 83.0 Å². The Morgan fingerprint density at radius 2 is 1.87 bits per heavy atom. The first kappa shape index (κ1) is 14.7. The first-order valence-corrected chi connectivity index (χ1v) is 7.06. The van der Waals surface area contributed by atoms with Gasteiger partial charge < -0.3 is 10.1 Å². The number of carbonyl (C=O) groups is 2. The van der Waals surface area contributed by atoms with Crippen LogP contribution in [0.1, 0.15) is 32.1 Å². The molecule has 0 atom stereocenters. The highest BCUT2D eigenvalue weighted by atomic mass is 16.4. The summed E-state index contributed by atoms with van der Waals surface area (Å²) in [6, 6.07) is 12.0. The maximum atomic E-state index is 12.2. The molecular formula is C18H14N2O3. The molecule has 0 spiro atoms. The number of hydrogen-bond donors (Lipinski definition) is 2. The Kier molecular flexibility index (Phi) is 3.76. The first-order valence-electron chi connectivity index (χ1n) is 7.06. The molecule has 0 saturated heterocycles. The number of carboxylic acid groups (broad SMARTS) is 1. The molecule has 23 heavy (non-hydrogen) atoms. The van der Waals surface area contributed by atoms with Gasteiger partial charge in [-0.15, -0.1) is 0 Å². The van der Waals surface area contributed by atoms with E-state index in [4.69, 9.17) is 5.11 Å². The van der Waals surface area contributed by atoms with Crippen LogP contribution in [0.2, 0.25) is 0 Å². The number of imidazole rings is 1. The van der Waals surface area contributed by atoms with Crippen LogP contribution in [0.25, 0.3) is 17.1 Å². The Bertz CT molecular complexity index is 921. The largest absolute Gasteiger partial charge is 0.478 e.